The van der Waals surface area contributed by atoms with Gasteiger partial charge in [0.05, 0.1) is 0 Å². The highest BCUT2D eigenvalue weighted by Crippen LogP contribution is 2.11. The Morgan fingerprint density at radius 1 is 1.50 bits per heavy atom. The second-order valence-electron chi connectivity index (χ2n) is 3.33. The Bertz CT molecular complexity index is 540. The first-order valence-electron chi connectivity index (χ1n) is 4.53. The number of hydrogen-bond acceptors (Lipinski definition) is 3. The van der Waals surface area contributed by atoms with Gasteiger partial charge in [-0.3, -0.25) is 9.89 Å². The second kappa shape index (κ2) is 3.65. The molecule has 0 fully saturated rings. The van der Waals surface area contributed by atoms with E-state index >= 15 is 0 Å². The average Bonchev–Trinajstić information content (AvgIpc) is 2.84. The van der Waals surface area contributed by atoms with Crippen molar-refractivity contribution in [1.29, 1.82) is 0 Å². The zero-order valence-electron chi connectivity index (χ0n) is 8.47. The smallest absolute Gasteiger partial charge is 0.352 e. The molecule has 0 aliphatic heterocycles. The third kappa shape index (κ3) is 1.60. The van der Waals surface area contributed by atoms with Crippen molar-refractivity contribution in [3.05, 3.63) is 41.5 Å². The number of carboxylic acid groups (broad SMARTS) is 1. The van der Waals surface area contributed by atoms with Crippen LogP contribution in [0.25, 0.3) is 0 Å². The molecule has 0 aromatic carbocycles. The van der Waals surface area contributed by atoms with E-state index in [2.05, 4.69) is 10.2 Å². The molecule has 0 radical (unpaired) electrons. The van der Waals surface area contributed by atoms with Crippen LogP contribution in [0.5, 0.6) is 0 Å². The minimum absolute atomic E-state index is 0.0721. The number of carboxylic acids is 1. The summed E-state index contributed by atoms with van der Waals surface area (Å²) in [6.07, 6.45) is 2.95. The van der Waals surface area contributed by atoms with Gasteiger partial charge in [-0.25, -0.2) is 4.79 Å². The van der Waals surface area contributed by atoms with Gasteiger partial charge in [-0.2, -0.15) is 5.10 Å². The molecule has 0 unspecified atom stereocenters. The summed E-state index contributed by atoms with van der Waals surface area (Å²) in [4.78, 5) is 22.6. The Morgan fingerprint density at radius 2 is 2.25 bits per heavy atom. The normalized spacial score (nSPS) is 10.3. The van der Waals surface area contributed by atoms with Crippen LogP contribution in [0.15, 0.2) is 24.5 Å². The van der Waals surface area contributed by atoms with Gasteiger partial charge in [0.25, 0.3) is 0 Å². The maximum Gasteiger partial charge on any atom is 0.352 e. The molecular formula is C10H9N3O3. The molecule has 0 saturated carbocycles. The molecule has 82 valence electrons. The quantitative estimate of drug-likeness (QED) is 0.743. The van der Waals surface area contributed by atoms with Crippen LogP contribution >= 0.6 is 0 Å². The van der Waals surface area contributed by atoms with Crippen molar-refractivity contribution >= 4 is 11.8 Å². The van der Waals surface area contributed by atoms with Crippen LogP contribution in [0.1, 0.15) is 26.5 Å². The maximum atomic E-state index is 11.8. The molecule has 0 spiro atoms. The van der Waals surface area contributed by atoms with E-state index in [0.717, 1.165) is 0 Å². The minimum Gasteiger partial charge on any atom is -0.477 e. The van der Waals surface area contributed by atoms with E-state index in [1.165, 1.54) is 29.1 Å². The molecule has 2 N–H and O–H groups in total. The van der Waals surface area contributed by atoms with Crippen LogP contribution in [0.3, 0.4) is 0 Å². The van der Waals surface area contributed by atoms with Gasteiger partial charge in [0.2, 0.25) is 5.78 Å². The summed E-state index contributed by atoms with van der Waals surface area (Å²) in [5, 5.41) is 15.0. The molecule has 0 aliphatic carbocycles. The van der Waals surface area contributed by atoms with E-state index in [4.69, 9.17) is 5.11 Å². The lowest BCUT2D eigenvalue weighted by Gasteiger charge is -1.93. The molecular weight excluding hydrogens is 210 g/mol. The second-order valence-corrected chi connectivity index (χ2v) is 3.33. The molecule has 2 heterocycles. The van der Waals surface area contributed by atoms with Gasteiger partial charge in [0, 0.05) is 25.0 Å². The Morgan fingerprint density at radius 3 is 2.75 bits per heavy atom. The number of aromatic carboxylic acids is 1. The Labute approximate surface area is 90.5 Å². The van der Waals surface area contributed by atoms with Gasteiger partial charge >= 0.3 is 5.97 Å². The number of aromatic nitrogens is 3. The summed E-state index contributed by atoms with van der Waals surface area (Å²) >= 11 is 0. The van der Waals surface area contributed by atoms with Crippen LogP contribution in [0.4, 0.5) is 0 Å². The molecule has 0 saturated heterocycles. The fourth-order valence-corrected chi connectivity index (χ4v) is 1.44. The van der Waals surface area contributed by atoms with Gasteiger partial charge in [0.15, 0.2) is 0 Å². The standard InChI is InChI=1S/C10H9N3O3/c1-13-5-6(4-8(13)10(15)16)9(14)7-2-3-11-12-7/h2-5H,1H3,(H,11,12)(H,15,16). The lowest BCUT2D eigenvalue weighted by Crippen LogP contribution is -2.02. The van der Waals surface area contributed by atoms with E-state index in [1.54, 1.807) is 7.05 Å². The number of hydrogen-bond donors (Lipinski definition) is 2. The number of nitrogens with zero attached hydrogens (tertiary/aromatic N) is 2. The van der Waals surface area contributed by atoms with E-state index in [0.29, 0.717) is 11.3 Å². The number of ketones is 1. The fraction of sp³-hybridized carbons (Fsp3) is 0.100. The highest BCUT2D eigenvalue weighted by Gasteiger charge is 2.16. The van der Waals surface area contributed by atoms with Crippen molar-refractivity contribution in [2.75, 3.05) is 0 Å². The van der Waals surface area contributed by atoms with Crippen LogP contribution in [-0.2, 0) is 7.05 Å². The lowest BCUT2D eigenvalue weighted by atomic mass is 10.1. The molecule has 6 heteroatoms. The lowest BCUT2D eigenvalue weighted by molar-refractivity contribution is 0.0686. The van der Waals surface area contributed by atoms with Gasteiger partial charge in [-0.15, -0.1) is 0 Å². The monoisotopic (exact) mass is 219 g/mol. The molecule has 2 aromatic heterocycles. The van der Waals surface area contributed by atoms with E-state index in [9.17, 15) is 9.59 Å². The van der Waals surface area contributed by atoms with Crippen molar-refractivity contribution in [3.63, 3.8) is 0 Å². The molecule has 2 aromatic rings. The number of carbonyl (C=O) groups is 2. The number of aryl methyl sites for hydroxylation is 1. The molecule has 0 amide bonds. The average molecular weight is 219 g/mol. The topological polar surface area (TPSA) is 88.0 Å². The number of carbonyl (C=O) groups excluding carboxylic acids is 1. The van der Waals surface area contributed by atoms with Crippen LogP contribution in [-0.4, -0.2) is 31.6 Å². The van der Waals surface area contributed by atoms with Crippen molar-refractivity contribution in [1.82, 2.24) is 14.8 Å². The van der Waals surface area contributed by atoms with E-state index < -0.39 is 5.97 Å². The van der Waals surface area contributed by atoms with E-state index in [1.807, 2.05) is 0 Å². The summed E-state index contributed by atoms with van der Waals surface area (Å²) < 4.78 is 1.39. The molecule has 6 nitrogen and oxygen atoms in total. The van der Waals surface area contributed by atoms with Crippen LogP contribution in [0.2, 0.25) is 0 Å². The zero-order chi connectivity index (χ0) is 11.7. The molecule has 0 bridgehead atoms. The third-order valence-corrected chi connectivity index (χ3v) is 2.23. The van der Waals surface area contributed by atoms with Crippen LogP contribution in [0, 0.1) is 0 Å². The summed E-state index contributed by atoms with van der Waals surface area (Å²) in [5.41, 5.74) is 0.731. The highest BCUT2D eigenvalue weighted by molar-refractivity contribution is 6.08. The first kappa shape index (κ1) is 10.2. The number of aromatic amines is 1. The van der Waals surface area contributed by atoms with Crippen molar-refractivity contribution in [2.45, 2.75) is 0 Å². The largest absolute Gasteiger partial charge is 0.477 e. The molecule has 2 rings (SSSR count). The summed E-state index contributed by atoms with van der Waals surface area (Å²) in [7, 11) is 1.58. The van der Waals surface area contributed by atoms with Gasteiger partial charge in [-0.1, -0.05) is 0 Å². The molecule has 0 aliphatic rings. The molecule has 16 heavy (non-hydrogen) atoms. The molecule has 0 atom stereocenters. The first-order chi connectivity index (χ1) is 7.59. The minimum atomic E-state index is -1.06. The predicted molar refractivity (Wildman–Crippen MR) is 54.4 cm³/mol. The Balaban J connectivity index is 2.39. The van der Waals surface area contributed by atoms with Crippen LogP contribution < -0.4 is 0 Å². The third-order valence-electron chi connectivity index (χ3n) is 2.23. The van der Waals surface area contributed by atoms with Crippen molar-refractivity contribution in [3.8, 4) is 0 Å². The van der Waals surface area contributed by atoms with Crippen molar-refractivity contribution in [2.24, 2.45) is 7.05 Å². The number of rotatable bonds is 3. The van der Waals surface area contributed by atoms with E-state index in [-0.39, 0.29) is 11.5 Å². The summed E-state index contributed by atoms with van der Waals surface area (Å²) in [6, 6.07) is 2.88. The Kier molecular flexibility index (Phi) is 2.32. The van der Waals surface area contributed by atoms with Gasteiger partial charge in [0.1, 0.15) is 11.4 Å². The van der Waals surface area contributed by atoms with Crippen molar-refractivity contribution < 1.29 is 14.7 Å². The Hall–Kier alpha value is -2.37. The summed E-state index contributed by atoms with van der Waals surface area (Å²) in [6.45, 7) is 0. The SMILES string of the molecule is Cn1cc(C(=O)c2ccn[nH]2)cc1C(=O)O. The zero-order valence-corrected chi connectivity index (χ0v) is 8.47. The van der Waals surface area contributed by atoms with Gasteiger partial charge < -0.3 is 9.67 Å². The van der Waals surface area contributed by atoms with Gasteiger partial charge in [-0.05, 0) is 12.1 Å². The first-order valence-corrected chi connectivity index (χ1v) is 4.53. The summed E-state index contributed by atoms with van der Waals surface area (Å²) in [5.74, 6) is -1.34. The number of H-pyrrole nitrogens is 1. The fourth-order valence-electron chi connectivity index (χ4n) is 1.44. The highest BCUT2D eigenvalue weighted by atomic mass is 16.4. The maximum absolute atomic E-state index is 11.8. The number of nitrogens with one attached hydrogen (secondary N) is 1. The predicted octanol–water partition coefficient (Wildman–Crippen LogP) is 0.677.